The van der Waals surface area contributed by atoms with Gasteiger partial charge in [0.05, 0.1) is 17.3 Å². The zero-order valence-electron chi connectivity index (χ0n) is 19.9. The van der Waals surface area contributed by atoms with E-state index in [4.69, 9.17) is 4.74 Å². The van der Waals surface area contributed by atoms with Crippen LogP contribution in [0.4, 0.5) is 5.69 Å². The summed E-state index contributed by atoms with van der Waals surface area (Å²) in [4.78, 5) is 38.4. The van der Waals surface area contributed by atoms with Crippen LogP contribution < -0.4 is 9.86 Å². The molecule has 0 saturated carbocycles. The molecule has 1 aromatic heterocycles. The Kier molecular flexibility index (Phi) is 6.75. The first kappa shape index (κ1) is 24.6. The van der Waals surface area contributed by atoms with Crippen molar-refractivity contribution >= 4 is 38.2 Å². The van der Waals surface area contributed by atoms with E-state index in [1.807, 2.05) is 13.8 Å². The highest BCUT2D eigenvalue weighted by Crippen LogP contribution is 2.30. The van der Waals surface area contributed by atoms with E-state index in [1.54, 1.807) is 36.4 Å². The van der Waals surface area contributed by atoms with Crippen molar-refractivity contribution in [2.45, 2.75) is 33.2 Å². The van der Waals surface area contributed by atoms with E-state index in [-0.39, 0.29) is 17.2 Å². The van der Waals surface area contributed by atoms with Crippen LogP contribution in [0.15, 0.2) is 47.3 Å². The second-order valence-corrected chi connectivity index (χ2v) is 11.0. The van der Waals surface area contributed by atoms with Gasteiger partial charge in [-0.2, -0.15) is 5.10 Å². The summed E-state index contributed by atoms with van der Waals surface area (Å²) in [5.41, 5.74) is 1.33. The van der Waals surface area contributed by atoms with Gasteiger partial charge in [0.1, 0.15) is 0 Å². The minimum absolute atomic E-state index is 0.0251. The summed E-state index contributed by atoms with van der Waals surface area (Å²) in [5.74, 6) is -1.08. The third kappa shape index (κ3) is 5.12. The van der Waals surface area contributed by atoms with Crippen molar-refractivity contribution in [2.75, 3.05) is 23.7 Å². The lowest BCUT2D eigenvalue weighted by Gasteiger charge is -2.29. The number of ether oxygens (including phenoxy) is 1. The summed E-state index contributed by atoms with van der Waals surface area (Å²) in [6, 6.07) is 11.5. The summed E-state index contributed by atoms with van der Waals surface area (Å²) in [6.07, 6.45) is 2.45. The quantitative estimate of drug-likeness (QED) is 0.364. The Morgan fingerprint density at radius 3 is 2.51 bits per heavy atom. The van der Waals surface area contributed by atoms with Gasteiger partial charge in [-0.1, -0.05) is 32.0 Å². The molecule has 2 aromatic carbocycles. The average Bonchev–Trinajstić information content (AvgIpc) is 2.82. The Hall–Kier alpha value is -3.53. The molecule has 0 spiro atoms. The minimum Gasteiger partial charge on any atom is -0.452 e. The van der Waals surface area contributed by atoms with Crippen molar-refractivity contribution < 1.29 is 22.7 Å². The van der Waals surface area contributed by atoms with Crippen LogP contribution in [0.2, 0.25) is 0 Å². The number of anilines is 1. The van der Waals surface area contributed by atoms with Crippen molar-refractivity contribution in [1.82, 2.24) is 9.78 Å². The first-order valence-corrected chi connectivity index (χ1v) is 13.2. The largest absolute Gasteiger partial charge is 0.452 e. The number of hydrogen-bond acceptors (Lipinski definition) is 7. The second kappa shape index (κ2) is 9.61. The number of aromatic nitrogens is 2. The van der Waals surface area contributed by atoms with E-state index in [0.717, 1.165) is 11.8 Å². The highest BCUT2D eigenvalue weighted by Gasteiger charge is 2.25. The number of carbonyl (C=O) groups is 2. The van der Waals surface area contributed by atoms with E-state index in [0.29, 0.717) is 48.0 Å². The van der Waals surface area contributed by atoms with Crippen LogP contribution in [0, 0.1) is 5.92 Å². The van der Waals surface area contributed by atoms with E-state index in [9.17, 15) is 22.8 Å². The molecule has 3 aromatic rings. The molecule has 0 bridgehead atoms. The zero-order chi connectivity index (χ0) is 25.3. The predicted octanol–water partition coefficient (Wildman–Crippen LogP) is 2.80. The van der Waals surface area contributed by atoms with E-state index >= 15 is 0 Å². The van der Waals surface area contributed by atoms with Gasteiger partial charge in [-0.05, 0) is 48.6 Å². The Morgan fingerprint density at radius 2 is 1.83 bits per heavy atom. The number of hydrogen-bond donors (Lipinski definition) is 0. The molecule has 0 fully saturated rings. The maximum atomic E-state index is 12.9. The predicted molar refractivity (Wildman–Crippen MR) is 132 cm³/mol. The van der Waals surface area contributed by atoms with Crippen LogP contribution in [0.1, 0.15) is 46.7 Å². The summed E-state index contributed by atoms with van der Waals surface area (Å²) in [6.45, 7) is 4.10. The van der Waals surface area contributed by atoms with Crippen LogP contribution in [-0.2, 0) is 27.7 Å². The zero-order valence-corrected chi connectivity index (χ0v) is 20.7. The van der Waals surface area contributed by atoms with Crippen molar-refractivity contribution in [1.29, 1.82) is 0 Å². The lowest BCUT2D eigenvalue weighted by atomic mass is 9.99. The van der Waals surface area contributed by atoms with Gasteiger partial charge in [0.25, 0.3) is 5.56 Å². The van der Waals surface area contributed by atoms with Crippen LogP contribution >= 0.6 is 0 Å². The molecule has 0 amide bonds. The first-order valence-electron chi connectivity index (χ1n) is 11.4. The number of nitrogens with zero attached hydrogens (tertiary/aromatic N) is 3. The molecule has 0 aliphatic carbocycles. The molecule has 1 aliphatic heterocycles. The first-order chi connectivity index (χ1) is 16.6. The monoisotopic (exact) mass is 497 g/mol. The smallest absolute Gasteiger partial charge is 0.359 e. The van der Waals surface area contributed by atoms with Gasteiger partial charge in [-0.25, -0.2) is 17.9 Å². The van der Waals surface area contributed by atoms with Gasteiger partial charge in [-0.3, -0.25) is 13.9 Å². The maximum Gasteiger partial charge on any atom is 0.359 e. The number of aryl methyl sites for hydroxylation is 1. The van der Waals surface area contributed by atoms with Crippen LogP contribution in [0.5, 0.6) is 0 Å². The highest BCUT2D eigenvalue weighted by molar-refractivity contribution is 7.92. The van der Waals surface area contributed by atoms with Crippen molar-refractivity contribution in [3.05, 3.63) is 69.6 Å². The number of rotatable bonds is 7. The fourth-order valence-electron chi connectivity index (χ4n) is 4.22. The maximum absolute atomic E-state index is 12.9. The highest BCUT2D eigenvalue weighted by atomic mass is 32.2. The number of benzene rings is 2. The van der Waals surface area contributed by atoms with Crippen LogP contribution in [0.25, 0.3) is 10.8 Å². The van der Waals surface area contributed by atoms with Gasteiger partial charge in [0, 0.05) is 24.0 Å². The Labute approximate surface area is 203 Å². The number of carbonyl (C=O) groups excluding carboxylic acids is 2. The summed E-state index contributed by atoms with van der Waals surface area (Å²) in [7, 11) is -3.41. The summed E-state index contributed by atoms with van der Waals surface area (Å²) < 4.78 is 32.0. The normalized spacial score (nSPS) is 13.7. The molecule has 2 heterocycles. The number of ketones is 1. The second-order valence-electron chi connectivity index (χ2n) is 9.06. The topological polar surface area (TPSA) is 116 Å². The van der Waals surface area contributed by atoms with Crippen molar-refractivity contribution in [3.63, 3.8) is 0 Å². The molecule has 0 unspecified atom stereocenters. The Morgan fingerprint density at radius 1 is 1.11 bits per heavy atom. The molecule has 4 rings (SSSR count). The fraction of sp³-hybridized carbons (Fsp3) is 0.360. The standard InChI is InChI=1S/C25H27N3O6S/c1-16(2)14-27-24(30)20-9-5-4-8-19(20)23(26-27)25(31)34-15-22(29)18-10-11-21-17(13-18)7-6-12-28(21)35(3,32)33/h4-5,8-11,13,16H,6-7,12,14-15H2,1-3H3. The van der Waals surface area contributed by atoms with Crippen molar-refractivity contribution in [2.24, 2.45) is 5.92 Å². The molecule has 0 radical (unpaired) electrons. The molecular weight excluding hydrogens is 470 g/mol. The molecule has 35 heavy (non-hydrogen) atoms. The van der Waals surface area contributed by atoms with E-state index < -0.39 is 28.4 Å². The molecule has 0 saturated heterocycles. The van der Waals surface area contributed by atoms with Crippen molar-refractivity contribution in [3.8, 4) is 0 Å². The number of sulfonamides is 1. The van der Waals surface area contributed by atoms with E-state index in [1.165, 1.54) is 15.1 Å². The molecule has 1 aliphatic rings. The third-order valence-corrected chi connectivity index (χ3v) is 6.99. The molecule has 184 valence electrons. The van der Waals surface area contributed by atoms with Gasteiger partial charge in [0.15, 0.2) is 18.1 Å². The lowest BCUT2D eigenvalue weighted by molar-refractivity contribution is 0.0468. The number of esters is 1. The average molecular weight is 498 g/mol. The van der Waals surface area contributed by atoms with Gasteiger partial charge in [0.2, 0.25) is 10.0 Å². The lowest BCUT2D eigenvalue weighted by Crippen LogP contribution is -2.34. The Balaban J connectivity index is 1.56. The molecular formula is C25H27N3O6S. The fourth-order valence-corrected chi connectivity index (χ4v) is 5.22. The minimum atomic E-state index is -3.41. The summed E-state index contributed by atoms with van der Waals surface area (Å²) in [5, 5.41) is 4.95. The van der Waals surface area contributed by atoms with Gasteiger partial charge >= 0.3 is 5.97 Å². The van der Waals surface area contributed by atoms with E-state index in [2.05, 4.69) is 5.10 Å². The molecule has 9 nitrogen and oxygen atoms in total. The number of Topliss-reactive ketones (excluding diaryl/α,β-unsaturated/α-hetero) is 1. The van der Waals surface area contributed by atoms with Crippen LogP contribution in [-0.4, -0.2) is 49.4 Å². The SMILES string of the molecule is CC(C)Cn1nc(C(=O)OCC(=O)c2ccc3c(c2)CCCN3S(C)(=O)=O)c2ccccc2c1=O. The Bertz CT molecular complexity index is 1480. The van der Waals surface area contributed by atoms with Gasteiger partial charge in [-0.15, -0.1) is 0 Å². The van der Waals surface area contributed by atoms with Gasteiger partial charge < -0.3 is 4.74 Å². The molecule has 0 atom stereocenters. The summed E-state index contributed by atoms with van der Waals surface area (Å²) >= 11 is 0. The molecule has 10 heteroatoms. The van der Waals surface area contributed by atoms with Crippen LogP contribution in [0.3, 0.4) is 0 Å². The third-order valence-electron chi connectivity index (χ3n) is 5.81. The molecule has 0 N–H and O–H groups in total. The number of fused-ring (bicyclic) bond motifs is 2.